The van der Waals surface area contributed by atoms with E-state index in [2.05, 4.69) is 6.07 Å². The van der Waals surface area contributed by atoms with Crippen molar-refractivity contribution >= 4 is 10.1 Å². The third kappa shape index (κ3) is 4.06. The zero-order valence-corrected chi connectivity index (χ0v) is 14.4. The maximum Gasteiger partial charge on any atom is 0.297 e. The molecule has 0 N–H and O–H groups in total. The van der Waals surface area contributed by atoms with Crippen LogP contribution >= 0.6 is 0 Å². The molecule has 0 aromatic heterocycles. The molecule has 1 fully saturated rings. The fourth-order valence-electron chi connectivity index (χ4n) is 2.44. The number of nitriles is 1. The summed E-state index contributed by atoms with van der Waals surface area (Å²) in [7, 11) is -3.85. The average Bonchev–Trinajstić information content (AvgIpc) is 3.09. The molecule has 0 radical (unpaired) electrons. The Morgan fingerprint density at radius 3 is 2.64 bits per heavy atom. The molecule has 130 valence electrons. The Balaban J connectivity index is 1.62. The highest BCUT2D eigenvalue weighted by molar-refractivity contribution is 7.86. The summed E-state index contributed by atoms with van der Waals surface area (Å²) in [6.45, 7) is 1.91. The molecule has 3 rings (SSSR count). The second-order valence-electron chi connectivity index (χ2n) is 5.67. The van der Waals surface area contributed by atoms with E-state index in [1.165, 1.54) is 12.1 Å². The van der Waals surface area contributed by atoms with Gasteiger partial charge in [-0.05, 0) is 25.1 Å². The number of rotatable bonds is 5. The Morgan fingerprint density at radius 2 is 1.92 bits per heavy atom. The minimum absolute atomic E-state index is 0.100. The van der Waals surface area contributed by atoms with E-state index in [0.717, 1.165) is 5.56 Å². The van der Waals surface area contributed by atoms with Crippen LogP contribution < -0.4 is 0 Å². The van der Waals surface area contributed by atoms with Gasteiger partial charge in [-0.1, -0.05) is 35.9 Å². The van der Waals surface area contributed by atoms with Crippen LogP contribution in [0.25, 0.3) is 0 Å². The molecule has 1 aliphatic heterocycles. The van der Waals surface area contributed by atoms with Crippen LogP contribution in [0.4, 0.5) is 0 Å². The first-order valence-corrected chi connectivity index (χ1v) is 9.12. The van der Waals surface area contributed by atoms with Gasteiger partial charge in [0.2, 0.25) is 0 Å². The summed E-state index contributed by atoms with van der Waals surface area (Å²) in [5.74, 6) is 0. The number of aryl methyl sites for hydroxylation is 1. The molecule has 7 heteroatoms. The van der Waals surface area contributed by atoms with Gasteiger partial charge in [0.25, 0.3) is 10.1 Å². The molecule has 0 amide bonds. The van der Waals surface area contributed by atoms with Crippen LogP contribution in [0.3, 0.4) is 0 Å². The molecule has 0 aliphatic carbocycles. The predicted molar refractivity (Wildman–Crippen MR) is 89.0 cm³/mol. The fraction of sp³-hybridized carbons (Fsp3) is 0.278. The van der Waals surface area contributed by atoms with Gasteiger partial charge < -0.3 is 9.47 Å². The quantitative estimate of drug-likeness (QED) is 0.763. The van der Waals surface area contributed by atoms with E-state index in [1.54, 1.807) is 36.4 Å². The van der Waals surface area contributed by atoms with E-state index >= 15 is 0 Å². The highest BCUT2D eigenvalue weighted by atomic mass is 32.2. The van der Waals surface area contributed by atoms with Crippen LogP contribution in [0, 0.1) is 18.3 Å². The third-order valence-electron chi connectivity index (χ3n) is 3.80. The monoisotopic (exact) mass is 359 g/mol. The van der Waals surface area contributed by atoms with Gasteiger partial charge >= 0.3 is 0 Å². The first-order valence-electron chi connectivity index (χ1n) is 7.72. The maximum atomic E-state index is 12.2. The van der Waals surface area contributed by atoms with Gasteiger partial charge in [-0.15, -0.1) is 0 Å². The summed E-state index contributed by atoms with van der Waals surface area (Å²) in [5.41, 5.74) is 2.04. The molecule has 0 bridgehead atoms. The van der Waals surface area contributed by atoms with Gasteiger partial charge in [0.1, 0.15) is 6.10 Å². The largest absolute Gasteiger partial charge is 0.346 e. The molecule has 2 atom stereocenters. The molecule has 1 saturated heterocycles. The van der Waals surface area contributed by atoms with Crippen LogP contribution in [0.1, 0.15) is 23.0 Å². The van der Waals surface area contributed by atoms with Crippen LogP contribution in [-0.4, -0.2) is 27.7 Å². The molecule has 2 aromatic rings. The van der Waals surface area contributed by atoms with Gasteiger partial charge in [0, 0.05) is 5.56 Å². The van der Waals surface area contributed by atoms with Gasteiger partial charge in [-0.2, -0.15) is 13.7 Å². The van der Waals surface area contributed by atoms with E-state index in [4.69, 9.17) is 18.9 Å². The molecule has 25 heavy (non-hydrogen) atoms. The lowest BCUT2D eigenvalue weighted by Gasteiger charge is -2.13. The van der Waals surface area contributed by atoms with Crippen molar-refractivity contribution in [3.05, 3.63) is 65.2 Å². The van der Waals surface area contributed by atoms with Crippen molar-refractivity contribution in [2.75, 3.05) is 13.2 Å². The van der Waals surface area contributed by atoms with Crippen LogP contribution in [0.15, 0.2) is 53.4 Å². The van der Waals surface area contributed by atoms with Crippen LogP contribution in [0.2, 0.25) is 0 Å². The number of benzene rings is 2. The van der Waals surface area contributed by atoms with Crippen molar-refractivity contribution < 1.29 is 22.1 Å². The average molecular weight is 359 g/mol. The second-order valence-corrected chi connectivity index (χ2v) is 7.29. The molecule has 2 aromatic carbocycles. The lowest BCUT2D eigenvalue weighted by Crippen LogP contribution is -2.21. The number of nitrogens with zero attached hydrogens (tertiary/aromatic N) is 1. The molecule has 6 nitrogen and oxygen atoms in total. The number of ether oxygens (including phenoxy) is 2. The lowest BCUT2D eigenvalue weighted by molar-refractivity contribution is -0.0658. The van der Waals surface area contributed by atoms with Crippen molar-refractivity contribution in [3.8, 4) is 6.07 Å². The Kier molecular flexibility index (Phi) is 5.16. The smallest absolute Gasteiger partial charge is 0.297 e. The van der Waals surface area contributed by atoms with Crippen LogP contribution in [-0.2, 0) is 23.8 Å². The topological polar surface area (TPSA) is 85.6 Å². The minimum atomic E-state index is -3.85. The summed E-state index contributed by atoms with van der Waals surface area (Å²) in [5, 5.41) is 9.14. The van der Waals surface area contributed by atoms with Gasteiger partial charge in [-0.3, -0.25) is 4.18 Å². The molecule has 1 heterocycles. The van der Waals surface area contributed by atoms with Crippen LogP contribution in [0.5, 0.6) is 0 Å². The van der Waals surface area contributed by atoms with Crippen molar-refractivity contribution in [2.45, 2.75) is 24.2 Å². The summed E-state index contributed by atoms with van der Waals surface area (Å²) in [6, 6.07) is 15.5. The normalized spacial score (nSPS) is 20.3. The number of hydrogen-bond acceptors (Lipinski definition) is 6. The standard InChI is InChI=1S/C18H17NO5S/c1-13-6-8-16(9-7-13)25(20,21)23-12-15-11-22-18(24-15)17-5-3-2-4-14(17)10-19/h2-9,15,18H,11-12H2,1H3. The molecule has 2 unspecified atom stereocenters. The molecule has 1 aliphatic rings. The Labute approximate surface area is 146 Å². The predicted octanol–water partition coefficient (Wildman–Crippen LogP) is 2.69. The van der Waals surface area contributed by atoms with E-state index < -0.39 is 22.5 Å². The van der Waals surface area contributed by atoms with E-state index in [-0.39, 0.29) is 18.1 Å². The van der Waals surface area contributed by atoms with Gasteiger partial charge in [-0.25, -0.2) is 0 Å². The summed E-state index contributed by atoms with van der Waals surface area (Å²) < 4.78 is 40.7. The lowest BCUT2D eigenvalue weighted by atomic mass is 10.1. The summed E-state index contributed by atoms with van der Waals surface area (Å²) in [6.07, 6.45) is -1.23. The second kappa shape index (κ2) is 7.33. The minimum Gasteiger partial charge on any atom is -0.346 e. The first-order chi connectivity index (χ1) is 12.0. The summed E-state index contributed by atoms with van der Waals surface area (Å²) >= 11 is 0. The van der Waals surface area contributed by atoms with Crippen molar-refractivity contribution in [1.82, 2.24) is 0 Å². The van der Waals surface area contributed by atoms with Crippen molar-refractivity contribution in [1.29, 1.82) is 5.26 Å². The Morgan fingerprint density at radius 1 is 1.20 bits per heavy atom. The SMILES string of the molecule is Cc1ccc(S(=O)(=O)OCC2COC(c3ccccc3C#N)O2)cc1. The highest BCUT2D eigenvalue weighted by Gasteiger charge is 2.30. The molecular formula is C18H17NO5S. The first kappa shape index (κ1) is 17.6. The molecule has 0 saturated carbocycles. The molecular weight excluding hydrogens is 342 g/mol. The van der Waals surface area contributed by atoms with Crippen molar-refractivity contribution in [2.24, 2.45) is 0 Å². The van der Waals surface area contributed by atoms with Crippen molar-refractivity contribution in [3.63, 3.8) is 0 Å². The summed E-state index contributed by atoms with van der Waals surface area (Å²) in [4.78, 5) is 0.100. The molecule has 0 spiro atoms. The van der Waals surface area contributed by atoms with E-state index in [9.17, 15) is 8.42 Å². The fourth-order valence-corrected chi connectivity index (χ4v) is 3.38. The third-order valence-corrected chi connectivity index (χ3v) is 5.10. The van der Waals surface area contributed by atoms with E-state index in [1.807, 2.05) is 6.92 Å². The maximum absolute atomic E-state index is 12.2. The zero-order valence-electron chi connectivity index (χ0n) is 13.6. The zero-order chi connectivity index (χ0) is 17.9. The van der Waals surface area contributed by atoms with Gasteiger partial charge in [0.15, 0.2) is 6.29 Å². The van der Waals surface area contributed by atoms with Gasteiger partial charge in [0.05, 0.1) is 29.7 Å². The number of hydrogen-bond donors (Lipinski definition) is 0. The van der Waals surface area contributed by atoms with E-state index in [0.29, 0.717) is 11.1 Å². The highest BCUT2D eigenvalue weighted by Crippen LogP contribution is 2.29. The Hall–Kier alpha value is -2.24. The Bertz CT molecular complexity index is 886.